The maximum Gasteiger partial charge on any atom is 0.321 e. The van der Waals surface area contributed by atoms with E-state index < -0.39 is 12.0 Å². The lowest BCUT2D eigenvalue weighted by molar-refractivity contribution is -0.139. The number of aromatic amines is 1. The highest BCUT2D eigenvalue weighted by Gasteiger charge is 2.18. The molecule has 0 saturated carbocycles. The second kappa shape index (κ2) is 8.84. The van der Waals surface area contributed by atoms with E-state index in [4.69, 9.17) is 0 Å². The molecule has 0 saturated heterocycles. The highest BCUT2D eigenvalue weighted by atomic mass is 16.4. The average molecular weight is 318 g/mol. The molecule has 2 aromatic heterocycles. The zero-order valence-corrected chi connectivity index (χ0v) is 13.1. The monoisotopic (exact) mass is 318 g/mol. The Morgan fingerprint density at radius 2 is 2.13 bits per heavy atom. The van der Waals surface area contributed by atoms with Crippen molar-refractivity contribution in [3.63, 3.8) is 0 Å². The molecule has 1 atom stereocenters. The highest BCUT2D eigenvalue weighted by molar-refractivity contribution is 5.73. The van der Waals surface area contributed by atoms with Crippen molar-refractivity contribution in [2.45, 2.75) is 38.8 Å². The molecule has 8 nitrogen and oxygen atoms in total. The summed E-state index contributed by atoms with van der Waals surface area (Å²) in [5.74, 6) is -0.312. The van der Waals surface area contributed by atoms with E-state index in [1.165, 1.54) is 6.33 Å². The van der Waals surface area contributed by atoms with Crippen molar-refractivity contribution in [3.8, 4) is 0 Å². The second-order valence-electron chi connectivity index (χ2n) is 5.25. The van der Waals surface area contributed by atoms with Crippen molar-refractivity contribution in [2.24, 2.45) is 0 Å². The van der Waals surface area contributed by atoms with E-state index in [9.17, 15) is 9.90 Å². The molecular formula is C15H22N6O2. The fraction of sp³-hybridized carbons (Fsp3) is 0.467. The van der Waals surface area contributed by atoms with Gasteiger partial charge in [-0.1, -0.05) is 13.3 Å². The number of H-pyrrole nitrogens is 1. The van der Waals surface area contributed by atoms with Crippen LogP contribution in [0.4, 0.5) is 5.95 Å². The molecule has 0 unspecified atom stereocenters. The maximum atomic E-state index is 11.3. The Balaban J connectivity index is 1.84. The van der Waals surface area contributed by atoms with Crippen molar-refractivity contribution in [3.05, 3.63) is 36.2 Å². The number of nitrogens with zero attached hydrogens (tertiary/aromatic N) is 3. The third-order valence-electron chi connectivity index (χ3n) is 3.35. The number of hydrogen-bond acceptors (Lipinski definition) is 6. The standard InChI is InChI=1S/C15H22N6O2/c1-2-3-4-17-15-19-7-11(8-20-15)6-18-13(14(22)23)5-12-9-16-10-21-12/h7-10,13,18H,2-6H2,1H3,(H,16,21)(H,22,23)(H,17,19,20)/t13-/m0/s1. The first-order chi connectivity index (χ1) is 11.2. The van der Waals surface area contributed by atoms with Crippen LogP contribution < -0.4 is 10.6 Å². The number of aliphatic carboxylic acids is 1. The van der Waals surface area contributed by atoms with Gasteiger partial charge in [-0.05, 0) is 6.42 Å². The number of carbonyl (C=O) groups is 1. The summed E-state index contributed by atoms with van der Waals surface area (Å²) >= 11 is 0. The number of aromatic nitrogens is 4. The molecule has 4 N–H and O–H groups in total. The Morgan fingerprint density at radius 1 is 1.35 bits per heavy atom. The molecule has 2 heterocycles. The average Bonchev–Trinajstić information content (AvgIpc) is 3.06. The van der Waals surface area contributed by atoms with E-state index in [-0.39, 0.29) is 0 Å². The third-order valence-corrected chi connectivity index (χ3v) is 3.35. The van der Waals surface area contributed by atoms with Gasteiger partial charge in [0.25, 0.3) is 0 Å². The molecule has 2 aromatic rings. The lowest BCUT2D eigenvalue weighted by atomic mass is 10.1. The van der Waals surface area contributed by atoms with E-state index in [0.29, 0.717) is 18.9 Å². The first-order valence-corrected chi connectivity index (χ1v) is 7.67. The summed E-state index contributed by atoms with van der Waals surface area (Å²) in [6, 6.07) is -0.696. The van der Waals surface area contributed by atoms with Crippen molar-refractivity contribution < 1.29 is 9.90 Å². The zero-order valence-electron chi connectivity index (χ0n) is 13.1. The van der Waals surface area contributed by atoms with Gasteiger partial charge in [-0.2, -0.15) is 0 Å². The largest absolute Gasteiger partial charge is 0.480 e. The number of rotatable bonds is 10. The van der Waals surface area contributed by atoms with Gasteiger partial charge in [0.2, 0.25) is 5.95 Å². The van der Waals surface area contributed by atoms with E-state index in [1.54, 1.807) is 18.6 Å². The zero-order chi connectivity index (χ0) is 16.5. The number of carboxylic acids is 1. The van der Waals surface area contributed by atoms with Crippen LogP contribution in [0.25, 0.3) is 0 Å². The van der Waals surface area contributed by atoms with Gasteiger partial charge in [-0.15, -0.1) is 0 Å². The summed E-state index contributed by atoms with van der Waals surface area (Å²) in [6.07, 6.45) is 9.08. The van der Waals surface area contributed by atoms with Crippen molar-refractivity contribution in [2.75, 3.05) is 11.9 Å². The van der Waals surface area contributed by atoms with Crippen LogP contribution in [0, 0.1) is 0 Å². The van der Waals surface area contributed by atoms with Gasteiger partial charge in [-0.3, -0.25) is 10.1 Å². The van der Waals surface area contributed by atoms with Crippen LogP contribution in [0.15, 0.2) is 24.9 Å². The SMILES string of the molecule is CCCCNc1ncc(CN[C@@H](Cc2cnc[nH]2)C(=O)O)cn1. The van der Waals surface area contributed by atoms with Crippen LogP contribution >= 0.6 is 0 Å². The Morgan fingerprint density at radius 3 is 2.74 bits per heavy atom. The Kier molecular flexibility index (Phi) is 6.49. The van der Waals surface area contributed by atoms with Gasteiger partial charge < -0.3 is 15.4 Å². The molecule has 0 amide bonds. The molecule has 0 aliphatic heterocycles. The first kappa shape index (κ1) is 16.9. The van der Waals surface area contributed by atoms with Gasteiger partial charge in [0.15, 0.2) is 0 Å². The fourth-order valence-electron chi connectivity index (χ4n) is 2.02. The van der Waals surface area contributed by atoms with Crippen LogP contribution in [-0.2, 0) is 17.8 Å². The summed E-state index contributed by atoms with van der Waals surface area (Å²) in [4.78, 5) is 26.6. The molecule has 23 heavy (non-hydrogen) atoms. The molecule has 0 aliphatic carbocycles. The second-order valence-corrected chi connectivity index (χ2v) is 5.25. The van der Waals surface area contributed by atoms with Crippen LogP contribution in [0.1, 0.15) is 31.0 Å². The molecule has 2 rings (SSSR count). The van der Waals surface area contributed by atoms with Crippen LogP contribution in [0.3, 0.4) is 0 Å². The number of carboxylic acid groups (broad SMARTS) is 1. The van der Waals surface area contributed by atoms with Gasteiger partial charge in [-0.25, -0.2) is 15.0 Å². The topological polar surface area (TPSA) is 116 Å². The first-order valence-electron chi connectivity index (χ1n) is 7.67. The number of imidazole rings is 1. The minimum absolute atomic E-state index is 0.340. The van der Waals surface area contributed by atoms with Crippen molar-refractivity contribution in [1.82, 2.24) is 25.3 Å². The van der Waals surface area contributed by atoms with Crippen molar-refractivity contribution >= 4 is 11.9 Å². The van der Waals surface area contributed by atoms with Crippen LogP contribution in [0.5, 0.6) is 0 Å². The minimum atomic E-state index is -0.904. The number of nitrogens with one attached hydrogen (secondary N) is 3. The normalized spacial score (nSPS) is 12.0. The lowest BCUT2D eigenvalue weighted by Gasteiger charge is -2.13. The lowest BCUT2D eigenvalue weighted by Crippen LogP contribution is -2.38. The van der Waals surface area contributed by atoms with Gasteiger partial charge in [0.05, 0.1) is 6.33 Å². The number of anilines is 1. The van der Waals surface area contributed by atoms with Crippen LogP contribution in [0.2, 0.25) is 0 Å². The minimum Gasteiger partial charge on any atom is -0.480 e. The van der Waals surface area contributed by atoms with E-state index >= 15 is 0 Å². The third kappa shape index (κ3) is 5.67. The van der Waals surface area contributed by atoms with Gasteiger partial charge in [0.1, 0.15) is 6.04 Å². The molecule has 0 fully saturated rings. The number of hydrogen-bond donors (Lipinski definition) is 4. The Hall–Kier alpha value is -2.48. The summed E-state index contributed by atoms with van der Waals surface area (Å²) in [5, 5.41) is 15.4. The summed E-state index contributed by atoms with van der Waals surface area (Å²) in [7, 11) is 0. The molecule has 0 bridgehead atoms. The predicted octanol–water partition coefficient (Wildman–Crippen LogP) is 1.20. The molecular weight excluding hydrogens is 296 g/mol. The van der Waals surface area contributed by atoms with E-state index in [1.807, 2.05) is 0 Å². The molecule has 0 spiro atoms. The molecule has 0 aliphatic rings. The Bertz CT molecular complexity index is 585. The quantitative estimate of drug-likeness (QED) is 0.486. The van der Waals surface area contributed by atoms with E-state index in [0.717, 1.165) is 30.6 Å². The van der Waals surface area contributed by atoms with E-state index in [2.05, 4.69) is 37.5 Å². The predicted molar refractivity (Wildman–Crippen MR) is 86.0 cm³/mol. The summed E-state index contributed by atoms with van der Waals surface area (Å²) in [6.45, 7) is 3.36. The molecule has 8 heteroatoms. The number of unbranched alkanes of at least 4 members (excludes halogenated alkanes) is 1. The van der Waals surface area contributed by atoms with Crippen molar-refractivity contribution in [1.29, 1.82) is 0 Å². The fourth-order valence-corrected chi connectivity index (χ4v) is 2.02. The van der Waals surface area contributed by atoms with Gasteiger partial charge >= 0.3 is 5.97 Å². The summed E-state index contributed by atoms with van der Waals surface area (Å²) < 4.78 is 0. The molecule has 124 valence electrons. The van der Waals surface area contributed by atoms with Gasteiger partial charge in [0, 0.05) is 49.4 Å². The maximum absolute atomic E-state index is 11.3. The molecule has 0 radical (unpaired) electrons. The molecule has 0 aromatic carbocycles. The van der Waals surface area contributed by atoms with Crippen LogP contribution in [-0.4, -0.2) is 43.6 Å². The highest BCUT2D eigenvalue weighted by Crippen LogP contribution is 2.03. The Labute approximate surface area is 134 Å². The smallest absolute Gasteiger partial charge is 0.321 e. The summed E-state index contributed by atoms with van der Waals surface area (Å²) in [5.41, 5.74) is 1.61.